The standard InChI is InChI=1S/C38H59N5O6/c1-35(2,3)30(42-34(49)41-27(28(44)24-15-16-24)23-13-7-6-8-14-23)33(48)43-21-38(36(4,5)37(38)17-10-18-37)20-26(43)32(47)40-25(29(45)31(39)46)19-22-11-9-12-22/h22-27,30H,6-21H2,1-5H3,(H2,39,46)(H,40,47)(H2,41,42,49)/t25?,26-,27-,30+,38+/m0/s1. The third-order valence-electron chi connectivity index (χ3n) is 14.1. The van der Waals surface area contributed by atoms with E-state index >= 15 is 0 Å². The fourth-order valence-electron chi connectivity index (χ4n) is 10.4. The maximum absolute atomic E-state index is 14.8. The van der Waals surface area contributed by atoms with Gasteiger partial charge in [-0.1, -0.05) is 79.6 Å². The van der Waals surface area contributed by atoms with Crippen molar-refractivity contribution in [2.45, 2.75) is 155 Å². The minimum absolute atomic E-state index is 0.00242. The van der Waals surface area contributed by atoms with E-state index in [-0.39, 0.29) is 45.7 Å². The van der Waals surface area contributed by atoms with Crippen molar-refractivity contribution >= 4 is 35.3 Å². The molecule has 1 aliphatic heterocycles. The number of ketones is 2. The number of nitrogens with one attached hydrogen (secondary N) is 3. The largest absolute Gasteiger partial charge is 0.363 e. The van der Waals surface area contributed by atoms with Gasteiger partial charge in [0.1, 0.15) is 12.1 Å². The first-order chi connectivity index (χ1) is 23.0. The van der Waals surface area contributed by atoms with Gasteiger partial charge in [-0.05, 0) is 79.4 Å². The molecule has 0 radical (unpaired) electrons. The van der Waals surface area contributed by atoms with Gasteiger partial charge in [0.15, 0.2) is 5.78 Å². The average Bonchev–Trinajstić information content (AvgIpc) is 3.86. The Kier molecular flexibility index (Phi) is 9.48. The number of Topliss-reactive ketones (excluding diaryl/α,β-unsaturated/α-hetero) is 2. The minimum Gasteiger partial charge on any atom is -0.363 e. The summed E-state index contributed by atoms with van der Waals surface area (Å²) >= 11 is 0. The molecule has 0 bridgehead atoms. The number of carbonyl (C=O) groups is 6. The Morgan fingerprint density at radius 2 is 1.47 bits per heavy atom. The van der Waals surface area contributed by atoms with E-state index < -0.39 is 53.2 Å². The summed E-state index contributed by atoms with van der Waals surface area (Å²) in [5, 5.41) is 8.85. The van der Waals surface area contributed by atoms with E-state index in [0.717, 1.165) is 83.5 Å². The number of likely N-dealkylation sites (tertiary alicyclic amines) is 1. The average molecular weight is 682 g/mol. The quantitative estimate of drug-likeness (QED) is 0.226. The van der Waals surface area contributed by atoms with Crippen molar-refractivity contribution in [2.75, 3.05) is 6.54 Å². The van der Waals surface area contributed by atoms with E-state index in [4.69, 9.17) is 5.73 Å². The second-order valence-corrected chi connectivity index (χ2v) is 18.1. The predicted octanol–water partition coefficient (Wildman–Crippen LogP) is 4.16. The van der Waals surface area contributed by atoms with Crippen molar-refractivity contribution in [1.82, 2.24) is 20.9 Å². The highest BCUT2D eigenvalue weighted by atomic mass is 16.2. The second-order valence-electron chi connectivity index (χ2n) is 18.1. The van der Waals surface area contributed by atoms with Crippen LogP contribution in [0.25, 0.3) is 0 Å². The van der Waals surface area contributed by atoms with Crippen LogP contribution in [-0.4, -0.2) is 70.9 Å². The highest BCUT2D eigenvalue weighted by Crippen LogP contribution is 2.88. The van der Waals surface area contributed by atoms with E-state index in [9.17, 15) is 28.8 Å². The summed E-state index contributed by atoms with van der Waals surface area (Å²) in [5.41, 5.74) is 4.39. The summed E-state index contributed by atoms with van der Waals surface area (Å²) in [6, 6.07) is -3.98. The molecule has 2 spiro atoms. The molecular weight excluding hydrogens is 622 g/mol. The fraction of sp³-hybridized carbons (Fsp3) is 0.842. The number of urea groups is 1. The molecule has 5 N–H and O–H groups in total. The summed E-state index contributed by atoms with van der Waals surface area (Å²) < 4.78 is 0. The van der Waals surface area contributed by atoms with Gasteiger partial charge in [0, 0.05) is 17.9 Å². The van der Waals surface area contributed by atoms with Crippen LogP contribution in [0.4, 0.5) is 4.79 Å². The molecule has 0 aromatic carbocycles. The Morgan fingerprint density at radius 1 is 0.816 bits per heavy atom. The third kappa shape index (κ3) is 6.30. The van der Waals surface area contributed by atoms with Crippen molar-refractivity contribution in [3.63, 3.8) is 0 Å². The molecule has 6 aliphatic rings. The molecule has 1 unspecified atom stereocenters. The number of rotatable bonds is 12. The lowest BCUT2D eigenvalue weighted by Gasteiger charge is -2.37. The van der Waals surface area contributed by atoms with E-state index in [2.05, 4.69) is 29.8 Å². The highest BCUT2D eigenvalue weighted by Gasteiger charge is 2.85. The molecule has 5 saturated carbocycles. The van der Waals surface area contributed by atoms with Gasteiger partial charge in [0.05, 0.1) is 12.1 Å². The molecule has 0 aromatic heterocycles. The molecule has 5 aliphatic carbocycles. The molecule has 5 atom stereocenters. The summed E-state index contributed by atoms with van der Waals surface area (Å²) in [7, 11) is 0. The van der Waals surface area contributed by atoms with E-state index in [0.29, 0.717) is 19.4 Å². The first-order valence-corrected chi connectivity index (χ1v) is 19.1. The number of amides is 5. The van der Waals surface area contributed by atoms with Crippen molar-refractivity contribution in [2.24, 2.45) is 45.1 Å². The van der Waals surface area contributed by atoms with Crippen molar-refractivity contribution in [3.8, 4) is 0 Å². The lowest BCUT2D eigenvalue weighted by molar-refractivity contribution is -0.143. The summed E-state index contributed by atoms with van der Waals surface area (Å²) in [6.45, 7) is 10.5. The number of hydrogen-bond acceptors (Lipinski definition) is 6. The van der Waals surface area contributed by atoms with Gasteiger partial charge in [-0.25, -0.2) is 4.79 Å². The van der Waals surface area contributed by atoms with Crippen LogP contribution in [0.2, 0.25) is 0 Å². The molecule has 1 saturated heterocycles. The van der Waals surface area contributed by atoms with E-state index in [1.165, 1.54) is 0 Å². The Labute approximate surface area is 291 Å². The summed E-state index contributed by atoms with van der Waals surface area (Å²) in [4.78, 5) is 82.7. The molecule has 11 heteroatoms. The molecule has 49 heavy (non-hydrogen) atoms. The summed E-state index contributed by atoms with van der Waals surface area (Å²) in [5.74, 6) is -2.26. The minimum atomic E-state index is -1.08. The Balaban J connectivity index is 1.24. The van der Waals surface area contributed by atoms with Crippen LogP contribution in [0.1, 0.15) is 131 Å². The number of primary amides is 1. The molecule has 6 fully saturated rings. The Hall–Kier alpha value is -2.98. The van der Waals surface area contributed by atoms with Gasteiger partial charge in [0.25, 0.3) is 5.91 Å². The lowest BCUT2D eigenvalue weighted by Crippen LogP contribution is -2.61. The SMILES string of the molecule is CC(C)(C)[C@H](NC(=O)N[C@H](C(=O)C1CC1)C1CCCCC1)C(=O)N1C[C@]2(C[C@H]1C(=O)NC(CC1CCC1)C(=O)C(N)=O)C(C)(C)C21CCC1. The molecule has 6 rings (SSSR count). The van der Waals surface area contributed by atoms with Crippen LogP contribution in [-0.2, 0) is 24.0 Å². The van der Waals surface area contributed by atoms with Gasteiger partial charge < -0.3 is 26.6 Å². The normalized spacial score (nSPS) is 29.2. The molecule has 5 amide bonds. The Morgan fingerprint density at radius 3 is 1.96 bits per heavy atom. The van der Waals surface area contributed by atoms with Crippen LogP contribution in [0.3, 0.4) is 0 Å². The smallest absolute Gasteiger partial charge is 0.316 e. The van der Waals surface area contributed by atoms with Crippen LogP contribution in [0, 0.1) is 39.4 Å². The maximum Gasteiger partial charge on any atom is 0.316 e. The number of carbonyl (C=O) groups excluding carboxylic acids is 6. The monoisotopic (exact) mass is 681 g/mol. The molecule has 1 heterocycles. The first-order valence-electron chi connectivity index (χ1n) is 19.1. The lowest BCUT2D eigenvalue weighted by atomic mass is 9.73. The number of nitrogens with zero attached hydrogens (tertiary/aromatic N) is 1. The molecule has 0 aromatic rings. The first kappa shape index (κ1) is 35.8. The predicted molar refractivity (Wildman–Crippen MR) is 184 cm³/mol. The fourth-order valence-corrected chi connectivity index (χ4v) is 10.4. The number of hydrogen-bond donors (Lipinski definition) is 4. The van der Waals surface area contributed by atoms with Gasteiger partial charge in [0.2, 0.25) is 17.6 Å². The van der Waals surface area contributed by atoms with Crippen LogP contribution >= 0.6 is 0 Å². The van der Waals surface area contributed by atoms with E-state index in [1.54, 1.807) is 4.90 Å². The highest BCUT2D eigenvalue weighted by molar-refractivity contribution is 6.37. The maximum atomic E-state index is 14.8. The molecule has 272 valence electrons. The Bertz CT molecular complexity index is 1370. The van der Waals surface area contributed by atoms with Gasteiger partial charge in [-0.3, -0.25) is 24.0 Å². The van der Waals surface area contributed by atoms with Crippen molar-refractivity contribution < 1.29 is 28.8 Å². The van der Waals surface area contributed by atoms with Crippen molar-refractivity contribution in [3.05, 3.63) is 0 Å². The zero-order valence-electron chi connectivity index (χ0n) is 30.3. The van der Waals surface area contributed by atoms with Crippen LogP contribution < -0.4 is 21.7 Å². The topological polar surface area (TPSA) is 168 Å². The molecule has 11 nitrogen and oxygen atoms in total. The zero-order chi connectivity index (χ0) is 35.5. The zero-order valence-corrected chi connectivity index (χ0v) is 30.3. The van der Waals surface area contributed by atoms with Gasteiger partial charge in [-0.2, -0.15) is 0 Å². The van der Waals surface area contributed by atoms with Crippen molar-refractivity contribution in [1.29, 1.82) is 0 Å². The van der Waals surface area contributed by atoms with Gasteiger partial charge in [-0.15, -0.1) is 0 Å². The third-order valence-corrected chi connectivity index (χ3v) is 14.1. The number of nitrogens with two attached hydrogens (primary N) is 1. The second kappa shape index (κ2) is 13.0. The molecular formula is C38H59N5O6. The van der Waals surface area contributed by atoms with Crippen LogP contribution in [0.5, 0.6) is 0 Å². The van der Waals surface area contributed by atoms with Crippen LogP contribution in [0.15, 0.2) is 0 Å². The van der Waals surface area contributed by atoms with E-state index in [1.807, 2.05) is 20.8 Å². The van der Waals surface area contributed by atoms with Gasteiger partial charge >= 0.3 is 6.03 Å². The summed E-state index contributed by atoms with van der Waals surface area (Å²) in [6.07, 6.45) is 13.6. The number of fused-ring (bicyclic) bond motifs is 1.